The van der Waals surface area contributed by atoms with Crippen molar-refractivity contribution in [3.8, 4) is 12.3 Å². The van der Waals surface area contributed by atoms with Crippen molar-refractivity contribution in [2.24, 2.45) is 16.6 Å². The van der Waals surface area contributed by atoms with Crippen LogP contribution in [0.1, 0.15) is 20.3 Å². The van der Waals surface area contributed by atoms with Gasteiger partial charge in [0.2, 0.25) is 5.91 Å². The van der Waals surface area contributed by atoms with E-state index in [-0.39, 0.29) is 25.0 Å². The van der Waals surface area contributed by atoms with Crippen molar-refractivity contribution >= 4 is 11.9 Å². The Morgan fingerprint density at radius 3 is 2.75 bits per heavy atom. The van der Waals surface area contributed by atoms with E-state index >= 15 is 0 Å². The second kappa shape index (κ2) is 8.60. The molecule has 0 fully saturated rings. The highest BCUT2D eigenvalue weighted by molar-refractivity contribution is 5.83. The monoisotopic (exact) mass is 224 g/mol. The van der Waals surface area contributed by atoms with Crippen molar-refractivity contribution in [1.29, 1.82) is 0 Å². The van der Waals surface area contributed by atoms with Gasteiger partial charge in [0, 0.05) is 6.54 Å². The Morgan fingerprint density at radius 1 is 1.50 bits per heavy atom. The van der Waals surface area contributed by atoms with Crippen molar-refractivity contribution < 1.29 is 4.79 Å². The zero-order valence-electron chi connectivity index (χ0n) is 9.92. The van der Waals surface area contributed by atoms with Crippen molar-refractivity contribution in [1.82, 2.24) is 10.6 Å². The Balaban J connectivity index is 3.69. The number of aliphatic imine (C=N–C) groups is 1. The molecule has 0 aromatic rings. The van der Waals surface area contributed by atoms with Crippen LogP contribution in [0, 0.1) is 18.3 Å². The lowest BCUT2D eigenvalue weighted by molar-refractivity contribution is -0.119. The molecule has 0 bridgehead atoms. The van der Waals surface area contributed by atoms with Gasteiger partial charge in [-0.05, 0) is 12.3 Å². The van der Waals surface area contributed by atoms with Gasteiger partial charge in [0.05, 0.1) is 6.54 Å². The maximum atomic E-state index is 11.1. The van der Waals surface area contributed by atoms with E-state index in [4.69, 9.17) is 12.2 Å². The average molecular weight is 224 g/mol. The van der Waals surface area contributed by atoms with E-state index < -0.39 is 0 Å². The lowest BCUT2D eigenvalue weighted by Crippen LogP contribution is -2.34. The van der Waals surface area contributed by atoms with Gasteiger partial charge in [-0.2, -0.15) is 0 Å². The van der Waals surface area contributed by atoms with Crippen molar-refractivity contribution in [3.05, 3.63) is 0 Å². The maximum absolute atomic E-state index is 11.1. The standard InChI is InChI=1S/C11H20N4O/c1-4-6-13-10(16)8-15-11(12)14-7-5-9(2)3/h1,9H,5-8H2,2-3H3,(H,13,16)(H3,12,14,15). The highest BCUT2D eigenvalue weighted by Gasteiger charge is 1.98. The van der Waals surface area contributed by atoms with E-state index in [0.717, 1.165) is 13.0 Å². The maximum Gasteiger partial charge on any atom is 0.242 e. The molecule has 0 heterocycles. The van der Waals surface area contributed by atoms with E-state index in [1.54, 1.807) is 0 Å². The van der Waals surface area contributed by atoms with Gasteiger partial charge < -0.3 is 16.4 Å². The summed E-state index contributed by atoms with van der Waals surface area (Å²) in [4.78, 5) is 15.0. The fourth-order valence-electron chi connectivity index (χ4n) is 0.907. The van der Waals surface area contributed by atoms with Gasteiger partial charge in [-0.15, -0.1) is 6.42 Å². The quantitative estimate of drug-likeness (QED) is 0.329. The normalized spacial score (nSPS) is 11.0. The highest BCUT2D eigenvalue weighted by atomic mass is 16.1. The fraction of sp³-hybridized carbons (Fsp3) is 0.636. The van der Waals surface area contributed by atoms with Gasteiger partial charge in [0.1, 0.15) is 6.54 Å². The zero-order valence-corrected chi connectivity index (χ0v) is 9.92. The topological polar surface area (TPSA) is 79.5 Å². The van der Waals surface area contributed by atoms with Crippen molar-refractivity contribution in [2.75, 3.05) is 19.6 Å². The van der Waals surface area contributed by atoms with Crippen LogP contribution in [0.2, 0.25) is 0 Å². The van der Waals surface area contributed by atoms with E-state index in [2.05, 4.69) is 35.4 Å². The summed E-state index contributed by atoms with van der Waals surface area (Å²) in [7, 11) is 0. The molecule has 0 saturated heterocycles. The van der Waals surface area contributed by atoms with E-state index in [9.17, 15) is 4.79 Å². The molecular weight excluding hydrogens is 204 g/mol. The van der Waals surface area contributed by atoms with Gasteiger partial charge in [0.25, 0.3) is 0 Å². The summed E-state index contributed by atoms with van der Waals surface area (Å²) in [5.74, 6) is 2.97. The molecule has 0 aromatic heterocycles. The predicted molar refractivity (Wildman–Crippen MR) is 65.8 cm³/mol. The molecule has 0 radical (unpaired) electrons. The first-order chi connectivity index (χ1) is 7.56. The van der Waals surface area contributed by atoms with E-state index in [1.165, 1.54) is 0 Å². The molecule has 0 aliphatic carbocycles. The smallest absolute Gasteiger partial charge is 0.242 e. The number of amides is 1. The Hall–Kier alpha value is -1.70. The molecule has 4 N–H and O–H groups in total. The first-order valence-corrected chi connectivity index (χ1v) is 5.30. The van der Waals surface area contributed by atoms with Gasteiger partial charge in [-0.25, -0.2) is 4.99 Å². The van der Waals surface area contributed by atoms with Crippen LogP contribution in [-0.2, 0) is 4.79 Å². The molecule has 0 aromatic carbocycles. The molecule has 0 rings (SSSR count). The van der Waals surface area contributed by atoms with E-state index in [1.807, 2.05) is 0 Å². The number of hydrogen-bond acceptors (Lipinski definition) is 2. The summed E-state index contributed by atoms with van der Waals surface area (Å²) in [5.41, 5.74) is 5.56. The third kappa shape index (κ3) is 8.88. The summed E-state index contributed by atoms with van der Waals surface area (Å²) < 4.78 is 0. The first-order valence-electron chi connectivity index (χ1n) is 5.30. The minimum absolute atomic E-state index is 0.00217. The van der Waals surface area contributed by atoms with Gasteiger partial charge in [-0.1, -0.05) is 19.8 Å². The number of hydrogen-bond donors (Lipinski definition) is 3. The number of terminal acetylenes is 1. The molecule has 0 saturated carbocycles. The SMILES string of the molecule is C#CCNC(=O)CN=C(N)NCCC(C)C. The molecule has 5 nitrogen and oxygen atoms in total. The molecule has 0 unspecified atom stereocenters. The lowest BCUT2D eigenvalue weighted by Gasteiger charge is -2.07. The second-order valence-electron chi connectivity index (χ2n) is 3.79. The summed E-state index contributed by atoms with van der Waals surface area (Å²) in [5, 5.41) is 5.43. The third-order valence-electron chi connectivity index (χ3n) is 1.81. The molecule has 1 amide bonds. The number of nitrogens with zero attached hydrogens (tertiary/aromatic N) is 1. The fourth-order valence-corrected chi connectivity index (χ4v) is 0.907. The number of carbonyl (C=O) groups excluding carboxylic acids is 1. The van der Waals surface area contributed by atoms with Crippen LogP contribution in [0.25, 0.3) is 0 Å². The number of nitrogens with one attached hydrogen (secondary N) is 2. The van der Waals surface area contributed by atoms with E-state index in [0.29, 0.717) is 5.92 Å². The van der Waals surface area contributed by atoms with Gasteiger partial charge in [0.15, 0.2) is 5.96 Å². The number of rotatable bonds is 6. The zero-order chi connectivity index (χ0) is 12.4. The summed E-state index contributed by atoms with van der Waals surface area (Å²) in [6.45, 7) is 5.24. The third-order valence-corrected chi connectivity index (χ3v) is 1.81. The molecular formula is C11H20N4O. The summed E-state index contributed by atoms with van der Waals surface area (Å²) >= 11 is 0. The minimum atomic E-state index is -0.230. The van der Waals surface area contributed by atoms with Crippen LogP contribution in [0.3, 0.4) is 0 Å². The van der Waals surface area contributed by atoms with Gasteiger partial charge >= 0.3 is 0 Å². The molecule has 5 heteroatoms. The molecule has 0 aliphatic heterocycles. The number of nitrogens with two attached hydrogens (primary N) is 1. The van der Waals surface area contributed by atoms with Crippen LogP contribution < -0.4 is 16.4 Å². The van der Waals surface area contributed by atoms with Crippen LogP contribution in [0.4, 0.5) is 0 Å². The van der Waals surface area contributed by atoms with Crippen molar-refractivity contribution in [2.45, 2.75) is 20.3 Å². The molecule has 90 valence electrons. The first kappa shape index (κ1) is 14.3. The Bertz CT molecular complexity index is 278. The van der Waals surface area contributed by atoms with Crippen LogP contribution in [-0.4, -0.2) is 31.5 Å². The molecule has 16 heavy (non-hydrogen) atoms. The average Bonchev–Trinajstić information content (AvgIpc) is 2.23. The van der Waals surface area contributed by atoms with Crippen LogP contribution >= 0.6 is 0 Å². The molecule has 0 aliphatic rings. The Morgan fingerprint density at radius 2 is 2.19 bits per heavy atom. The Kier molecular flexibility index (Phi) is 7.68. The van der Waals surface area contributed by atoms with Gasteiger partial charge in [-0.3, -0.25) is 4.79 Å². The lowest BCUT2D eigenvalue weighted by atomic mass is 10.1. The molecule has 0 atom stereocenters. The molecule has 0 spiro atoms. The largest absolute Gasteiger partial charge is 0.370 e. The minimum Gasteiger partial charge on any atom is -0.370 e. The van der Waals surface area contributed by atoms with Crippen LogP contribution in [0.5, 0.6) is 0 Å². The summed E-state index contributed by atoms with van der Waals surface area (Å²) in [6.07, 6.45) is 6.00. The number of guanidine groups is 1. The predicted octanol–water partition coefficient (Wildman–Crippen LogP) is -0.314. The number of carbonyl (C=O) groups is 1. The summed E-state index contributed by atoms with van der Waals surface area (Å²) in [6, 6.07) is 0. The van der Waals surface area contributed by atoms with Crippen molar-refractivity contribution in [3.63, 3.8) is 0 Å². The Labute approximate surface area is 96.9 Å². The second-order valence-corrected chi connectivity index (χ2v) is 3.79. The highest BCUT2D eigenvalue weighted by Crippen LogP contribution is 1.95. The van der Waals surface area contributed by atoms with Crippen LogP contribution in [0.15, 0.2) is 4.99 Å².